The van der Waals surface area contributed by atoms with Crippen molar-refractivity contribution in [1.29, 1.82) is 0 Å². The summed E-state index contributed by atoms with van der Waals surface area (Å²) in [5.74, 6) is 2.53. The predicted octanol–water partition coefficient (Wildman–Crippen LogP) is 25.9. The van der Waals surface area contributed by atoms with Crippen LogP contribution in [0, 0.1) is 6.92 Å². The largest absolute Gasteiger partial charge is 0.228 e. The summed E-state index contributed by atoms with van der Waals surface area (Å²) < 4.78 is 0. The normalized spacial score (nSPS) is 14.3. The van der Waals surface area contributed by atoms with Crippen molar-refractivity contribution in [2.45, 2.75) is 37.3 Å². The highest BCUT2D eigenvalue weighted by Gasteiger charge is 2.53. The minimum absolute atomic E-state index is 0.511. The van der Waals surface area contributed by atoms with E-state index in [1.54, 1.807) is 0 Å². The molecule has 0 radical (unpaired) electrons. The Morgan fingerprint density at radius 2 is 0.560 bits per heavy atom. The van der Waals surface area contributed by atoms with Crippen LogP contribution in [-0.4, -0.2) is 24.9 Å². The average Bonchev–Trinajstić information content (AvgIpc) is 1.54. The first-order valence-electron chi connectivity index (χ1n) is 37.2. The number of rotatable bonds is 9. The van der Waals surface area contributed by atoms with Gasteiger partial charge in [-0.25, -0.2) is 24.9 Å². The molecule has 508 valence electrons. The van der Waals surface area contributed by atoms with Gasteiger partial charge < -0.3 is 0 Å². The molecular formula is C102H63N5S2. The molecule has 22 rings (SSSR count). The Labute approximate surface area is 640 Å². The van der Waals surface area contributed by atoms with E-state index in [2.05, 4.69) is 335 Å². The fourth-order valence-corrected chi connectivity index (χ4v) is 21.0. The Balaban J connectivity index is 0.670. The molecule has 0 saturated heterocycles. The van der Waals surface area contributed by atoms with Gasteiger partial charge in [-0.2, -0.15) is 0 Å². The van der Waals surface area contributed by atoms with Crippen LogP contribution >= 0.6 is 23.5 Å². The SMILES string of the molecule is Cc1ccc(-c2cc(-c3ccc(-c4cccc5c4Sc4c(ccc6ccccc46)C54c5ccccc5-c5ccccc54)cc3)nc(-c3cccc(-c4cccc5c4-c4ccccc4C54c5cccc(-c6cccc(-c7nc(-c8ccccc8)nc(-c8ccccc8)n7)c6)c5Sc5c4ccc4ccccc54)c3)n2)cc1. The highest BCUT2D eigenvalue weighted by molar-refractivity contribution is 8.00. The number of nitrogens with zero attached hydrogens (tertiary/aromatic N) is 5. The first-order valence-corrected chi connectivity index (χ1v) is 38.8. The lowest BCUT2D eigenvalue weighted by Gasteiger charge is -2.41. The van der Waals surface area contributed by atoms with Gasteiger partial charge in [0.1, 0.15) is 0 Å². The van der Waals surface area contributed by atoms with E-state index >= 15 is 0 Å². The van der Waals surface area contributed by atoms with Crippen LogP contribution in [0.2, 0.25) is 0 Å². The standard InChI is InChI=1S/C102H63N5S2/c1-62-47-49-66(50-48-62)90-61-91(67-53-51-65(52-54-67)77-39-21-45-86-93(77)108-94-75-33-10-8-23-63(75)55-57-88(94)101(86)82-41-15-12-35-79(82)80-36-13-16-42-83(80)101)104-99(103-90)72-31-18-29-70(59-72)74-38-20-44-85-92(74)81-37-14-17-43-84(81)102(85)87-46-22-40-78(96(87)109-95-76-34-11-9-24-64(76)56-58-89(95)102)71-30-19-32-73(60-71)100-106-97(68-25-4-2-5-26-68)105-98(107-100)69-27-6-3-7-28-69/h2-61H,1H3. The van der Waals surface area contributed by atoms with Gasteiger partial charge in [0.25, 0.3) is 0 Å². The summed E-state index contributed by atoms with van der Waals surface area (Å²) in [6.45, 7) is 2.13. The van der Waals surface area contributed by atoms with Crippen LogP contribution in [0.5, 0.6) is 0 Å². The van der Waals surface area contributed by atoms with Gasteiger partial charge >= 0.3 is 0 Å². The monoisotopic (exact) mass is 1420 g/mol. The van der Waals surface area contributed by atoms with Gasteiger partial charge in [-0.05, 0) is 147 Å². The lowest BCUT2D eigenvalue weighted by molar-refractivity contribution is 0.726. The van der Waals surface area contributed by atoms with Crippen molar-refractivity contribution in [3.05, 3.63) is 414 Å². The second kappa shape index (κ2) is 25.0. The fraction of sp³-hybridized carbons (Fsp3) is 0.0294. The number of benzene rings is 16. The highest BCUT2D eigenvalue weighted by Crippen LogP contribution is 2.67. The van der Waals surface area contributed by atoms with Crippen LogP contribution in [0.4, 0.5) is 0 Å². The Morgan fingerprint density at radius 3 is 1.10 bits per heavy atom. The van der Waals surface area contributed by atoms with Gasteiger partial charge in [0.15, 0.2) is 23.3 Å². The second-order valence-electron chi connectivity index (χ2n) is 28.9. The molecule has 4 heterocycles. The van der Waals surface area contributed by atoms with Crippen molar-refractivity contribution in [3.63, 3.8) is 0 Å². The average molecular weight is 1420 g/mol. The topological polar surface area (TPSA) is 64.5 Å². The van der Waals surface area contributed by atoms with E-state index in [1.165, 1.54) is 119 Å². The molecule has 18 aromatic rings. The third kappa shape index (κ3) is 9.73. The predicted molar refractivity (Wildman–Crippen MR) is 447 cm³/mol. The van der Waals surface area contributed by atoms with Crippen molar-refractivity contribution in [2.75, 3.05) is 0 Å². The molecule has 1 atom stereocenters. The molecule has 0 amide bonds. The summed E-state index contributed by atoms with van der Waals surface area (Å²) in [7, 11) is 0. The summed E-state index contributed by atoms with van der Waals surface area (Å²) in [6.07, 6.45) is 0. The smallest absolute Gasteiger partial charge is 0.164 e. The maximum absolute atomic E-state index is 5.58. The van der Waals surface area contributed by atoms with Crippen LogP contribution in [-0.2, 0) is 10.8 Å². The molecule has 5 nitrogen and oxygen atoms in total. The van der Waals surface area contributed by atoms with Crippen LogP contribution in [0.3, 0.4) is 0 Å². The minimum atomic E-state index is -0.706. The van der Waals surface area contributed by atoms with Gasteiger partial charge in [-0.1, -0.05) is 375 Å². The van der Waals surface area contributed by atoms with Crippen LogP contribution in [0.1, 0.15) is 50.1 Å². The zero-order chi connectivity index (χ0) is 71.9. The van der Waals surface area contributed by atoms with Gasteiger partial charge in [-0.3, -0.25) is 0 Å². The van der Waals surface area contributed by atoms with E-state index < -0.39 is 10.8 Å². The van der Waals surface area contributed by atoms with E-state index in [1.807, 2.05) is 59.9 Å². The van der Waals surface area contributed by atoms with Gasteiger partial charge in [-0.15, -0.1) is 0 Å². The Bertz CT molecular complexity index is 6710. The molecule has 0 N–H and O–H groups in total. The second-order valence-corrected chi connectivity index (χ2v) is 30.9. The molecule has 2 spiro atoms. The summed E-state index contributed by atoms with van der Waals surface area (Å²) in [4.78, 5) is 31.6. The van der Waals surface area contributed by atoms with Crippen LogP contribution in [0.25, 0.3) is 145 Å². The van der Waals surface area contributed by atoms with Crippen LogP contribution < -0.4 is 0 Å². The summed E-state index contributed by atoms with van der Waals surface area (Å²) in [5, 5.41) is 4.95. The van der Waals surface area contributed by atoms with E-state index in [0.29, 0.717) is 23.3 Å². The third-order valence-corrected chi connectivity index (χ3v) is 25.5. The first-order chi connectivity index (χ1) is 53.9. The van der Waals surface area contributed by atoms with Crippen molar-refractivity contribution in [2.24, 2.45) is 0 Å². The van der Waals surface area contributed by atoms with E-state index in [-0.39, 0.29) is 0 Å². The summed E-state index contributed by atoms with van der Waals surface area (Å²) in [6, 6.07) is 134. The van der Waals surface area contributed by atoms with Gasteiger partial charge in [0.05, 0.1) is 22.2 Å². The molecule has 4 aliphatic rings. The molecule has 0 fully saturated rings. The van der Waals surface area contributed by atoms with E-state index in [9.17, 15) is 0 Å². The molecule has 2 aliphatic heterocycles. The van der Waals surface area contributed by atoms with E-state index in [4.69, 9.17) is 24.9 Å². The Kier molecular flexibility index (Phi) is 14.5. The molecule has 109 heavy (non-hydrogen) atoms. The van der Waals surface area contributed by atoms with Gasteiger partial charge in [0, 0.05) is 53.0 Å². The number of aryl methyl sites for hydroxylation is 1. The third-order valence-electron chi connectivity index (χ3n) is 23.0. The Hall–Kier alpha value is -13.2. The number of hydrogen-bond donors (Lipinski definition) is 0. The molecule has 0 bridgehead atoms. The Morgan fingerprint density at radius 1 is 0.211 bits per heavy atom. The number of aromatic nitrogens is 5. The van der Waals surface area contributed by atoms with Crippen molar-refractivity contribution in [3.8, 4) is 124 Å². The summed E-state index contributed by atoms with van der Waals surface area (Å²) in [5.41, 5.74) is 29.6. The molecule has 1 unspecified atom stereocenters. The lowest BCUT2D eigenvalue weighted by atomic mass is 9.66. The fourth-order valence-electron chi connectivity index (χ4n) is 18.1. The first kappa shape index (κ1) is 63.1. The maximum Gasteiger partial charge on any atom is 0.164 e. The van der Waals surface area contributed by atoms with Crippen molar-refractivity contribution < 1.29 is 0 Å². The zero-order valence-corrected chi connectivity index (χ0v) is 60.8. The highest BCUT2D eigenvalue weighted by atomic mass is 32.2. The molecule has 2 aromatic heterocycles. The lowest BCUT2D eigenvalue weighted by Crippen LogP contribution is -2.32. The van der Waals surface area contributed by atoms with Crippen LogP contribution in [0.15, 0.2) is 384 Å². The molecule has 0 saturated carbocycles. The van der Waals surface area contributed by atoms with Crippen molar-refractivity contribution >= 4 is 45.1 Å². The quantitative estimate of drug-likeness (QED) is 0.143. The number of fused-ring (bicyclic) bond motifs is 22. The molecular weight excluding hydrogens is 1360 g/mol. The molecule has 16 aromatic carbocycles. The van der Waals surface area contributed by atoms with Gasteiger partial charge in [0.2, 0.25) is 0 Å². The maximum atomic E-state index is 5.58. The summed E-state index contributed by atoms with van der Waals surface area (Å²) >= 11 is 3.81. The molecule has 2 aliphatic carbocycles. The number of hydrogen-bond acceptors (Lipinski definition) is 7. The van der Waals surface area contributed by atoms with Crippen molar-refractivity contribution in [1.82, 2.24) is 24.9 Å². The van der Waals surface area contributed by atoms with E-state index in [0.717, 1.165) is 72.6 Å². The molecule has 7 heteroatoms. The minimum Gasteiger partial charge on any atom is -0.228 e. The zero-order valence-electron chi connectivity index (χ0n) is 59.2.